The van der Waals surface area contributed by atoms with E-state index in [1.54, 1.807) is 19.1 Å². The minimum atomic E-state index is -3.48. The van der Waals surface area contributed by atoms with Gasteiger partial charge in [-0.15, -0.1) is 0 Å². The zero-order valence-corrected chi connectivity index (χ0v) is 12.7. The lowest BCUT2D eigenvalue weighted by Gasteiger charge is -2.10. The quantitative estimate of drug-likeness (QED) is 0.721. The number of sulfonamides is 1. The summed E-state index contributed by atoms with van der Waals surface area (Å²) in [7, 11) is -3.48. The number of rotatable bonds is 8. The highest BCUT2D eigenvalue weighted by Gasteiger charge is 2.15. The van der Waals surface area contributed by atoms with E-state index in [0.717, 1.165) is 5.56 Å². The van der Waals surface area contributed by atoms with Crippen LogP contribution in [0.2, 0.25) is 0 Å². The molecule has 0 aliphatic heterocycles. The lowest BCUT2D eigenvalue weighted by molar-refractivity contribution is -0.137. The van der Waals surface area contributed by atoms with Crippen LogP contribution in [-0.2, 0) is 14.8 Å². The monoisotopic (exact) mass is 299 g/mol. The van der Waals surface area contributed by atoms with Gasteiger partial charge in [-0.2, -0.15) is 0 Å². The van der Waals surface area contributed by atoms with E-state index in [1.807, 2.05) is 13.0 Å². The maximum atomic E-state index is 12.1. The van der Waals surface area contributed by atoms with Gasteiger partial charge in [0.2, 0.25) is 10.0 Å². The third kappa shape index (κ3) is 5.30. The first-order chi connectivity index (χ1) is 9.33. The normalized spacial score (nSPS) is 11.5. The maximum absolute atomic E-state index is 12.1. The lowest BCUT2D eigenvalue weighted by Crippen LogP contribution is -2.25. The summed E-state index contributed by atoms with van der Waals surface area (Å²) < 4.78 is 26.8. The molecule has 1 rings (SSSR count). The van der Waals surface area contributed by atoms with Crippen molar-refractivity contribution in [3.05, 3.63) is 29.3 Å². The van der Waals surface area contributed by atoms with Crippen LogP contribution in [0.4, 0.5) is 0 Å². The molecule has 20 heavy (non-hydrogen) atoms. The summed E-state index contributed by atoms with van der Waals surface area (Å²) >= 11 is 0. The van der Waals surface area contributed by atoms with Crippen LogP contribution < -0.4 is 4.72 Å². The molecule has 6 heteroatoms. The number of hydrogen-bond donors (Lipinski definition) is 2. The zero-order valence-electron chi connectivity index (χ0n) is 11.8. The molecule has 0 radical (unpaired) electrons. The van der Waals surface area contributed by atoms with Gasteiger partial charge in [-0.25, -0.2) is 13.1 Å². The molecule has 0 saturated carbocycles. The first-order valence-corrected chi connectivity index (χ1v) is 8.10. The van der Waals surface area contributed by atoms with E-state index in [4.69, 9.17) is 5.11 Å². The molecule has 0 fully saturated rings. The fourth-order valence-corrected chi connectivity index (χ4v) is 3.26. The lowest BCUT2D eigenvalue weighted by atomic mass is 10.2. The van der Waals surface area contributed by atoms with Crippen molar-refractivity contribution in [2.24, 2.45) is 0 Å². The van der Waals surface area contributed by atoms with Crippen molar-refractivity contribution in [1.29, 1.82) is 0 Å². The Labute approximate surface area is 120 Å². The molecule has 0 spiro atoms. The summed E-state index contributed by atoms with van der Waals surface area (Å²) in [5.74, 6) is -0.819. The Morgan fingerprint density at radius 1 is 1.20 bits per heavy atom. The second kappa shape index (κ2) is 7.40. The number of carbonyl (C=O) groups is 1. The Hall–Kier alpha value is -1.40. The van der Waals surface area contributed by atoms with E-state index in [-0.39, 0.29) is 6.42 Å². The Morgan fingerprint density at radius 2 is 1.90 bits per heavy atom. The molecule has 112 valence electrons. The largest absolute Gasteiger partial charge is 0.481 e. The summed E-state index contributed by atoms with van der Waals surface area (Å²) in [6.45, 7) is 3.94. The Bertz CT molecular complexity index is 567. The second-order valence-corrected chi connectivity index (χ2v) is 6.61. The van der Waals surface area contributed by atoms with Crippen LogP contribution in [0.5, 0.6) is 0 Å². The molecule has 2 N–H and O–H groups in total. The molecule has 1 aromatic carbocycles. The number of carboxylic acid groups (broad SMARTS) is 1. The van der Waals surface area contributed by atoms with E-state index < -0.39 is 16.0 Å². The van der Waals surface area contributed by atoms with Crippen molar-refractivity contribution < 1.29 is 18.3 Å². The minimum Gasteiger partial charge on any atom is -0.481 e. The number of hydrogen-bond acceptors (Lipinski definition) is 3. The minimum absolute atomic E-state index is 0.129. The summed E-state index contributed by atoms with van der Waals surface area (Å²) in [5, 5.41) is 8.49. The fourth-order valence-electron chi connectivity index (χ4n) is 1.86. The van der Waals surface area contributed by atoms with Crippen LogP contribution in [0.15, 0.2) is 23.1 Å². The van der Waals surface area contributed by atoms with E-state index in [0.29, 0.717) is 36.3 Å². The van der Waals surface area contributed by atoms with Crippen molar-refractivity contribution in [2.45, 2.75) is 44.4 Å². The molecule has 0 unspecified atom stereocenters. The predicted octanol–water partition coefficient (Wildman–Crippen LogP) is 2.23. The first kappa shape index (κ1) is 16.7. The predicted molar refractivity (Wildman–Crippen MR) is 77.2 cm³/mol. The molecule has 0 bridgehead atoms. The highest BCUT2D eigenvalue weighted by Crippen LogP contribution is 2.16. The molecule has 0 heterocycles. The number of unbranched alkanes of at least 4 members (excludes halogenated alkanes) is 2. The van der Waals surface area contributed by atoms with E-state index >= 15 is 0 Å². The van der Waals surface area contributed by atoms with Gasteiger partial charge >= 0.3 is 5.97 Å². The Kier molecular flexibility index (Phi) is 6.16. The molecular formula is C14H21NO4S. The van der Waals surface area contributed by atoms with Crippen molar-refractivity contribution in [1.82, 2.24) is 4.72 Å². The van der Waals surface area contributed by atoms with Gasteiger partial charge in [-0.3, -0.25) is 4.79 Å². The van der Waals surface area contributed by atoms with Gasteiger partial charge in [0.15, 0.2) is 0 Å². The number of carboxylic acids is 1. The van der Waals surface area contributed by atoms with Crippen LogP contribution in [0.25, 0.3) is 0 Å². The van der Waals surface area contributed by atoms with E-state index in [2.05, 4.69) is 4.72 Å². The van der Waals surface area contributed by atoms with Crippen molar-refractivity contribution in [2.75, 3.05) is 6.54 Å². The van der Waals surface area contributed by atoms with Crippen LogP contribution in [-0.4, -0.2) is 26.0 Å². The highest BCUT2D eigenvalue weighted by atomic mass is 32.2. The van der Waals surface area contributed by atoms with Crippen LogP contribution >= 0.6 is 0 Å². The molecular weight excluding hydrogens is 278 g/mol. The van der Waals surface area contributed by atoms with Crippen molar-refractivity contribution in [3.63, 3.8) is 0 Å². The molecule has 0 saturated heterocycles. The topological polar surface area (TPSA) is 83.5 Å². The average molecular weight is 299 g/mol. The molecule has 5 nitrogen and oxygen atoms in total. The standard InChI is InChI=1S/C14H21NO4S/c1-11-7-8-12(2)13(10-11)20(18,19)15-9-5-3-4-6-14(16)17/h7-8,10,15H,3-6,9H2,1-2H3,(H,16,17). The van der Waals surface area contributed by atoms with Gasteiger partial charge in [0.25, 0.3) is 0 Å². The third-order valence-electron chi connectivity index (χ3n) is 2.99. The molecule has 0 amide bonds. The number of aryl methyl sites for hydroxylation is 2. The fraction of sp³-hybridized carbons (Fsp3) is 0.500. The molecule has 0 aliphatic rings. The van der Waals surface area contributed by atoms with Gasteiger partial charge < -0.3 is 5.11 Å². The van der Waals surface area contributed by atoms with Gasteiger partial charge in [0, 0.05) is 13.0 Å². The second-order valence-electron chi connectivity index (χ2n) is 4.87. The first-order valence-electron chi connectivity index (χ1n) is 6.61. The molecule has 0 aliphatic carbocycles. The van der Waals surface area contributed by atoms with Gasteiger partial charge in [0.05, 0.1) is 4.90 Å². The van der Waals surface area contributed by atoms with Crippen LogP contribution in [0.3, 0.4) is 0 Å². The number of benzene rings is 1. The summed E-state index contributed by atoms with van der Waals surface area (Å²) in [6.07, 6.45) is 2.03. The Morgan fingerprint density at radius 3 is 2.55 bits per heavy atom. The summed E-state index contributed by atoms with van der Waals surface area (Å²) in [6, 6.07) is 5.32. The van der Waals surface area contributed by atoms with Gasteiger partial charge in [0.1, 0.15) is 0 Å². The summed E-state index contributed by atoms with van der Waals surface area (Å²) in [4.78, 5) is 10.6. The van der Waals surface area contributed by atoms with Crippen LogP contribution in [0, 0.1) is 13.8 Å². The smallest absolute Gasteiger partial charge is 0.303 e. The third-order valence-corrected chi connectivity index (χ3v) is 4.60. The highest BCUT2D eigenvalue weighted by molar-refractivity contribution is 7.89. The molecule has 0 atom stereocenters. The maximum Gasteiger partial charge on any atom is 0.303 e. The SMILES string of the molecule is Cc1ccc(C)c(S(=O)(=O)NCCCCCC(=O)O)c1. The van der Waals surface area contributed by atoms with Crippen LogP contribution in [0.1, 0.15) is 36.8 Å². The number of aliphatic carboxylic acids is 1. The van der Waals surface area contributed by atoms with E-state index in [1.165, 1.54) is 0 Å². The molecule has 1 aromatic rings. The van der Waals surface area contributed by atoms with Gasteiger partial charge in [-0.1, -0.05) is 18.6 Å². The Balaban J connectivity index is 2.50. The molecule has 0 aromatic heterocycles. The van der Waals surface area contributed by atoms with E-state index in [9.17, 15) is 13.2 Å². The summed E-state index contributed by atoms with van der Waals surface area (Å²) in [5.41, 5.74) is 1.62. The number of nitrogens with one attached hydrogen (secondary N) is 1. The van der Waals surface area contributed by atoms with Gasteiger partial charge in [-0.05, 0) is 43.9 Å². The zero-order chi connectivity index (χ0) is 15.2. The average Bonchev–Trinajstić information content (AvgIpc) is 2.36. The van der Waals surface area contributed by atoms with Crippen molar-refractivity contribution >= 4 is 16.0 Å². The van der Waals surface area contributed by atoms with Crippen molar-refractivity contribution in [3.8, 4) is 0 Å².